The van der Waals surface area contributed by atoms with Gasteiger partial charge in [0, 0.05) is 16.6 Å². The fourth-order valence-electron chi connectivity index (χ4n) is 1.18. The zero-order valence-electron chi connectivity index (χ0n) is 7.48. The van der Waals surface area contributed by atoms with Gasteiger partial charge in [0.25, 0.3) is 0 Å². The SMILES string of the molecule is O=C(O)c1cc(-c2cccs2)cnc1Cl. The van der Waals surface area contributed by atoms with E-state index in [9.17, 15) is 4.79 Å². The van der Waals surface area contributed by atoms with Crippen LogP contribution in [0.5, 0.6) is 0 Å². The van der Waals surface area contributed by atoms with Gasteiger partial charge in [0.1, 0.15) is 5.15 Å². The molecule has 0 aliphatic carbocycles. The quantitative estimate of drug-likeness (QED) is 0.819. The van der Waals surface area contributed by atoms with E-state index in [2.05, 4.69) is 4.98 Å². The molecule has 0 aliphatic rings. The number of hydrogen-bond acceptors (Lipinski definition) is 3. The standard InChI is InChI=1S/C10H6ClNO2S/c11-9-7(10(13)14)4-6(5-12-9)8-2-1-3-15-8/h1-5H,(H,13,14). The van der Waals surface area contributed by atoms with E-state index in [1.54, 1.807) is 6.20 Å². The normalized spacial score (nSPS) is 10.2. The van der Waals surface area contributed by atoms with Crippen LogP contribution in [0.4, 0.5) is 0 Å². The van der Waals surface area contributed by atoms with Crippen LogP contribution in [0, 0.1) is 0 Å². The Hall–Kier alpha value is -1.39. The first kappa shape index (κ1) is 10.1. The molecule has 2 aromatic heterocycles. The molecule has 0 amide bonds. The molecule has 0 atom stereocenters. The largest absolute Gasteiger partial charge is 0.478 e. The van der Waals surface area contributed by atoms with Crippen molar-refractivity contribution in [3.63, 3.8) is 0 Å². The van der Waals surface area contributed by atoms with Crippen molar-refractivity contribution >= 4 is 28.9 Å². The molecule has 0 fully saturated rings. The molecule has 0 aromatic carbocycles. The summed E-state index contributed by atoms with van der Waals surface area (Å²) >= 11 is 7.19. The van der Waals surface area contributed by atoms with Gasteiger partial charge in [0.05, 0.1) is 5.56 Å². The van der Waals surface area contributed by atoms with Crippen LogP contribution in [0.3, 0.4) is 0 Å². The Morgan fingerprint density at radius 3 is 2.93 bits per heavy atom. The number of carboxylic acid groups (broad SMARTS) is 1. The highest BCUT2D eigenvalue weighted by molar-refractivity contribution is 7.13. The molecule has 0 radical (unpaired) electrons. The first-order chi connectivity index (χ1) is 7.18. The number of rotatable bonds is 2. The number of thiophene rings is 1. The summed E-state index contributed by atoms with van der Waals surface area (Å²) in [5.41, 5.74) is 0.800. The van der Waals surface area contributed by atoms with Gasteiger partial charge in [-0.3, -0.25) is 0 Å². The Morgan fingerprint density at radius 2 is 2.33 bits per heavy atom. The van der Waals surface area contributed by atoms with Gasteiger partial charge in [-0.25, -0.2) is 9.78 Å². The van der Waals surface area contributed by atoms with Crippen molar-refractivity contribution in [3.8, 4) is 10.4 Å². The number of carboxylic acids is 1. The molecule has 0 unspecified atom stereocenters. The van der Waals surface area contributed by atoms with Crippen LogP contribution in [0.25, 0.3) is 10.4 Å². The summed E-state index contributed by atoms with van der Waals surface area (Å²) < 4.78 is 0. The molecule has 2 rings (SSSR count). The first-order valence-electron chi connectivity index (χ1n) is 4.11. The highest BCUT2D eigenvalue weighted by Gasteiger charge is 2.11. The van der Waals surface area contributed by atoms with Crippen molar-refractivity contribution in [2.24, 2.45) is 0 Å². The number of nitrogens with zero attached hydrogens (tertiary/aromatic N) is 1. The lowest BCUT2D eigenvalue weighted by Crippen LogP contribution is -1.99. The van der Waals surface area contributed by atoms with E-state index in [-0.39, 0.29) is 10.7 Å². The first-order valence-corrected chi connectivity index (χ1v) is 5.37. The minimum absolute atomic E-state index is 0.0165. The summed E-state index contributed by atoms with van der Waals surface area (Å²) in [6, 6.07) is 5.33. The molecule has 15 heavy (non-hydrogen) atoms. The molecule has 2 aromatic rings. The van der Waals surface area contributed by atoms with Crippen LogP contribution in [-0.4, -0.2) is 16.1 Å². The summed E-state index contributed by atoms with van der Waals surface area (Å²) in [5, 5.41) is 10.8. The van der Waals surface area contributed by atoms with Crippen LogP contribution < -0.4 is 0 Å². The minimum Gasteiger partial charge on any atom is -0.478 e. The van der Waals surface area contributed by atoms with Gasteiger partial charge in [-0.15, -0.1) is 11.3 Å². The third-order valence-corrected chi connectivity index (χ3v) is 3.10. The maximum absolute atomic E-state index is 10.8. The predicted molar refractivity (Wildman–Crippen MR) is 59.5 cm³/mol. The van der Waals surface area contributed by atoms with E-state index in [1.807, 2.05) is 17.5 Å². The molecule has 76 valence electrons. The zero-order chi connectivity index (χ0) is 10.8. The van der Waals surface area contributed by atoms with Crippen LogP contribution in [0.15, 0.2) is 29.8 Å². The summed E-state index contributed by atoms with van der Waals surface area (Å²) in [6.45, 7) is 0. The van der Waals surface area contributed by atoms with E-state index in [4.69, 9.17) is 16.7 Å². The monoisotopic (exact) mass is 239 g/mol. The Morgan fingerprint density at radius 1 is 1.53 bits per heavy atom. The molecule has 3 nitrogen and oxygen atoms in total. The smallest absolute Gasteiger partial charge is 0.338 e. The summed E-state index contributed by atoms with van der Waals surface area (Å²) in [7, 11) is 0. The number of aromatic carboxylic acids is 1. The fourth-order valence-corrected chi connectivity index (χ4v) is 2.07. The molecular weight excluding hydrogens is 234 g/mol. The molecule has 2 heterocycles. The van der Waals surface area contributed by atoms with Crippen LogP contribution in [0.2, 0.25) is 5.15 Å². The van der Waals surface area contributed by atoms with Crippen molar-refractivity contribution in [1.29, 1.82) is 0 Å². The van der Waals surface area contributed by atoms with Crippen molar-refractivity contribution < 1.29 is 9.90 Å². The predicted octanol–water partition coefficient (Wildman–Crippen LogP) is 3.16. The maximum Gasteiger partial charge on any atom is 0.338 e. The number of halogens is 1. The average molecular weight is 240 g/mol. The van der Waals surface area contributed by atoms with Gasteiger partial charge in [-0.05, 0) is 17.5 Å². The van der Waals surface area contributed by atoms with E-state index >= 15 is 0 Å². The Kier molecular flexibility index (Phi) is 2.70. The van der Waals surface area contributed by atoms with Crippen LogP contribution >= 0.6 is 22.9 Å². The van der Waals surface area contributed by atoms with Gasteiger partial charge in [-0.1, -0.05) is 17.7 Å². The van der Waals surface area contributed by atoms with Gasteiger partial charge in [-0.2, -0.15) is 0 Å². The summed E-state index contributed by atoms with van der Waals surface area (Å²) in [6.07, 6.45) is 1.57. The molecule has 5 heteroatoms. The van der Waals surface area contributed by atoms with Crippen molar-refractivity contribution in [2.75, 3.05) is 0 Å². The van der Waals surface area contributed by atoms with Crippen LogP contribution in [0.1, 0.15) is 10.4 Å². The lowest BCUT2D eigenvalue weighted by atomic mass is 10.2. The number of carbonyl (C=O) groups is 1. The van der Waals surface area contributed by atoms with E-state index < -0.39 is 5.97 Å². The maximum atomic E-state index is 10.8. The van der Waals surface area contributed by atoms with Crippen molar-refractivity contribution in [2.45, 2.75) is 0 Å². The molecule has 0 bridgehead atoms. The lowest BCUT2D eigenvalue weighted by Gasteiger charge is -2.01. The number of aromatic nitrogens is 1. The van der Waals surface area contributed by atoms with E-state index in [0.29, 0.717) is 0 Å². The molecule has 0 saturated carbocycles. The van der Waals surface area contributed by atoms with E-state index in [1.165, 1.54) is 17.4 Å². The second-order valence-electron chi connectivity index (χ2n) is 2.84. The molecule has 1 N–H and O–H groups in total. The van der Waals surface area contributed by atoms with E-state index in [0.717, 1.165) is 10.4 Å². The Labute approximate surface area is 95.0 Å². The molecular formula is C10H6ClNO2S. The molecule has 0 spiro atoms. The van der Waals surface area contributed by atoms with Crippen molar-refractivity contribution in [3.05, 3.63) is 40.5 Å². The highest BCUT2D eigenvalue weighted by atomic mass is 35.5. The lowest BCUT2D eigenvalue weighted by molar-refractivity contribution is 0.0696. The zero-order valence-corrected chi connectivity index (χ0v) is 9.05. The Bertz CT molecular complexity index is 496. The third-order valence-electron chi connectivity index (χ3n) is 1.88. The second kappa shape index (κ2) is 4.00. The van der Waals surface area contributed by atoms with Gasteiger partial charge >= 0.3 is 5.97 Å². The highest BCUT2D eigenvalue weighted by Crippen LogP contribution is 2.26. The van der Waals surface area contributed by atoms with Gasteiger partial charge in [0.2, 0.25) is 0 Å². The topological polar surface area (TPSA) is 50.2 Å². The number of pyridine rings is 1. The molecule has 0 aliphatic heterocycles. The van der Waals surface area contributed by atoms with Crippen LogP contribution in [-0.2, 0) is 0 Å². The summed E-state index contributed by atoms with van der Waals surface area (Å²) in [5.74, 6) is -1.06. The fraction of sp³-hybridized carbons (Fsp3) is 0. The van der Waals surface area contributed by atoms with Crippen molar-refractivity contribution in [1.82, 2.24) is 4.98 Å². The van der Waals surface area contributed by atoms with Gasteiger partial charge < -0.3 is 5.11 Å². The molecule has 0 saturated heterocycles. The number of hydrogen-bond donors (Lipinski definition) is 1. The second-order valence-corrected chi connectivity index (χ2v) is 4.15. The third kappa shape index (κ3) is 2.00. The Balaban J connectivity index is 2.52. The summed E-state index contributed by atoms with van der Waals surface area (Å²) in [4.78, 5) is 15.6. The minimum atomic E-state index is -1.06. The average Bonchev–Trinajstić information content (AvgIpc) is 2.71. The van der Waals surface area contributed by atoms with Gasteiger partial charge in [0.15, 0.2) is 0 Å².